The summed E-state index contributed by atoms with van der Waals surface area (Å²) in [6, 6.07) is 7.16. The van der Waals surface area contributed by atoms with E-state index in [2.05, 4.69) is 41.5 Å². The highest BCUT2D eigenvalue weighted by molar-refractivity contribution is 8.00. The van der Waals surface area contributed by atoms with Gasteiger partial charge in [-0.2, -0.15) is 11.8 Å². The van der Waals surface area contributed by atoms with Crippen molar-refractivity contribution in [3.8, 4) is 11.5 Å². The van der Waals surface area contributed by atoms with E-state index >= 15 is 0 Å². The fourth-order valence-electron chi connectivity index (χ4n) is 8.34. The Balaban J connectivity index is 2.97. The van der Waals surface area contributed by atoms with Crippen molar-refractivity contribution in [3.63, 3.8) is 0 Å². The molecule has 1 rings (SSSR count). The third-order valence-electron chi connectivity index (χ3n) is 13.1. The molecule has 320 valence electrons. The Labute approximate surface area is 337 Å². The predicted octanol–water partition coefficient (Wildman–Crippen LogP) is 8.82. The minimum atomic E-state index is -0.848. The highest BCUT2D eigenvalue weighted by Gasteiger charge is 2.51. The van der Waals surface area contributed by atoms with Crippen molar-refractivity contribution >= 4 is 23.7 Å². The fraction of sp³-hybridized carbons (Fsp3) is 0.818. The average molecular weight is 799 g/mol. The Kier molecular flexibility index (Phi) is 22.2. The van der Waals surface area contributed by atoms with Crippen molar-refractivity contribution < 1.29 is 49.0 Å². The molecule has 0 amide bonds. The number of carbonyl (C=O) groups is 2. The molecule has 0 aliphatic carbocycles. The van der Waals surface area contributed by atoms with Gasteiger partial charge >= 0.3 is 11.9 Å². The van der Waals surface area contributed by atoms with E-state index in [0.29, 0.717) is 68.6 Å². The highest BCUT2D eigenvalue weighted by atomic mass is 32.2. The minimum absolute atomic E-state index is 0.0263. The molecule has 4 N–H and O–H groups in total. The number of thioether (sulfide) groups is 1. The zero-order chi connectivity index (χ0) is 41.9. The molecule has 11 heteroatoms. The van der Waals surface area contributed by atoms with Gasteiger partial charge in [-0.15, -0.1) is 0 Å². The standard InChI is InChI=1S/C44H78O10S/c1-12-40(10,13-2)53-38(49)24-25-39(50)54-44(19-8,20-9)43(17-6,18-7)28-34(47)31-52-37-23-21-22-36(26-37)51-30-33(46)27-42(15-4,16-5)41(11,14-3)55-32-35(48)29-45/h21-23,26,33-35,45-48H,12-20,24-25,27-32H2,1-11H3. The number of ether oxygens (including phenoxy) is 4. The first-order valence-corrected chi connectivity index (χ1v) is 22.0. The number of hydrogen-bond acceptors (Lipinski definition) is 11. The lowest BCUT2D eigenvalue weighted by molar-refractivity contribution is -0.188. The summed E-state index contributed by atoms with van der Waals surface area (Å²) in [6.45, 7) is 22.4. The SMILES string of the molecule is CCC(C)(CC)OC(=O)CCC(=O)OC(CC)(CC)C(CC)(CC)CC(O)COc1cccc(OCC(O)CC(CC)(CC)C(C)(CC)SCC(O)CO)c1. The molecule has 55 heavy (non-hydrogen) atoms. The maximum atomic E-state index is 13.2. The molecule has 0 fully saturated rings. The van der Waals surface area contributed by atoms with E-state index in [9.17, 15) is 30.0 Å². The van der Waals surface area contributed by atoms with E-state index < -0.39 is 46.9 Å². The van der Waals surface area contributed by atoms with Crippen LogP contribution >= 0.6 is 11.8 Å². The van der Waals surface area contributed by atoms with Gasteiger partial charge in [-0.05, 0) is 102 Å². The van der Waals surface area contributed by atoms with Gasteiger partial charge in [0.2, 0.25) is 0 Å². The van der Waals surface area contributed by atoms with E-state index in [0.717, 1.165) is 19.3 Å². The molecule has 0 heterocycles. The molecule has 0 aromatic heterocycles. The molecule has 0 radical (unpaired) electrons. The van der Waals surface area contributed by atoms with Crippen molar-refractivity contribution in [1.29, 1.82) is 0 Å². The molecular formula is C44H78O10S. The molecule has 1 aromatic rings. The molecule has 0 saturated heterocycles. The van der Waals surface area contributed by atoms with Gasteiger partial charge in [0.05, 0.1) is 37.8 Å². The zero-order valence-electron chi connectivity index (χ0n) is 36.2. The van der Waals surface area contributed by atoms with Crippen LogP contribution in [0.25, 0.3) is 0 Å². The zero-order valence-corrected chi connectivity index (χ0v) is 37.0. The summed E-state index contributed by atoms with van der Waals surface area (Å²) in [4.78, 5) is 25.8. The van der Waals surface area contributed by atoms with Crippen molar-refractivity contribution in [2.75, 3.05) is 25.6 Å². The van der Waals surface area contributed by atoms with Crippen molar-refractivity contribution in [2.24, 2.45) is 10.8 Å². The summed E-state index contributed by atoms with van der Waals surface area (Å²) in [5.41, 5.74) is -2.12. The monoisotopic (exact) mass is 799 g/mol. The number of esters is 2. The topological polar surface area (TPSA) is 152 Å². The highest BCUT2D eigenvalue weighted by Crippen LogP contribution is 2.53. The van der Waals surface area contributed by atoms with E-state index in [4.69, 9.17) is 18.9 Å². The van der Waals surface area contributed by atoms with Crippen LogP contribution in [-0.2, 0) is 19.1 Å². The molecule has 0 spiro atoms. The summed E-state index contributed by atoms with van der Waals surface area (Å²) in [6.07, 6.45) is 4.82. The van der Waals surface area contributed by atoms with Gasteiger partial charge in [0.1, 0.15) is 35.9 Å². The average Bonchev–Trinajstić information content (AvgIpc) is 3.20. The van der Waals surface area contributed by atoms with Gasteiger partial charge in [0, 0.05) is 22.0 Å². The molecular weight excluding hydrogens is 721 g/mol. The van der Waals surface area contributed by atoms with Crippen LogP contribution in [0, 0.1) is 10.8 Å². The number of rotatable bonds is 30. The molecule has 1 aromatic carbocycles. The first kappa shape index (κ1) is 51.0. The lowest BCUT2D eigenvalue weighted by Crippen LogP contribution is -2.52. The molecule has 4 atom stereocenters. The van der Waals surface area contributed by atoms with Crippen LogP contribution in [-0.4, -0.2) is 92.2 Å². The fourth-order valence-corrected chi connectivity index (χ4v) is 9.89. The van der Waals surface area contributed by atoms with Gasteiger partial charge in [-0.25, -0.2) is 0 Å². The minimum Gasteiger partial charge on any atom is -0.491 e. The Hall–Kier alpha value is -2.05. The van der Waals surface area contributed by atoms with Gasteiger partial charge in [-0.3, -0.25) is 9.59 Å². The van der Waals surface area contributed by atoms with Gasteiger partial charge in [0.25, 0.3) is 0 Å². The summed E-state index contributed by atoms with van der Waals surface area (Å²) in [7, 11) is 0. The Morgan fingerprint density at radius 1 is 0.636 bits per heavy atom. The number of benzene rings is 1. The van der Waals surface area contributed by atoms with Crippen LogP contribution in [0.2, 0.25) is 0 Å². The van der Waals surface area contributed by atoms with Crippen molar-refractivity contribution in [3.05, 3.63) is 24.3 Å². The summed E-state index contributed by atoms with van der Waals surface area (Å²) >= 11 is 1.66. The van der Waals surface area contributed by atoms with Crippen LogP contribution in [0.15, 0.2) is 24.3 Å². The van der Waals surface area contributed by atoms with Gasteiger partial charge in [-0.1, -0.05) is 68.4 Å². The normalized spacial score (nSPS) is 15.5. The Morgan fingerprint density at radius 2 is 1.09 bits per heavy atom. The maximum Gasteiger partial charge on any atom is 0.306 e. The summed E-state index contributed by atoms with van der Waals surface area (Å²) in [5, 5.41) is 42.0. The molecule has 10 nitrogen and oxygen atoms in total. The van der Waals surface area contributed by atoms with Gasteiger partial charge < -0.3 is 39.4 Å². The lowest BCUT2D eigenvalue weighted by Gasteiger charge is -2.50. The number of carbonyl (C=O) groups excluding carboxylic acids is 2. The van der Waals surface area contributed by atoms with Crippen LogP contribution < -0.4 is 9.47 Å². The van der Waals surface area contributed by atoms with Crippen LogP contribution in [0.3, 0.4) is 0 Å². The second-order valence-electron chi connectivity index (χ2n) is 15.8. The van der Waals surface area contributed by atoms with Crippen LogP contribution in [0.1, 0.15) is 160 Å². The van der Waals surface area contributed by atoms with E-state index in [1.807, 2.05) is 46.8 Å². The molecule has 0 saturated carbocycles. The summed E-state index contributed by atoms with van der Waals surface area (Å²) < 4.78 is 23.9. The molecule has 0 aliphatic heterocycles. The van der Waals surface area contributed by atoms with E-state index in [1.165, 1.54) is 0 Å². The largest absolute Gasteiger partial charge is 0.491 e. The molecule has 0 aliphatic rings. The van der Waals surface area contributed by atoms with Crippen LogP contribution in [0.4, 0.5) is 0 Å². The van der Waals surface area contributed by atoms with Crippen molar-refractivity contribution in [2.45, 2.75) is 194 Å². The third kappa shape index (κ3) is 14.1. The number of aliphatic hydroxyl groups is 4. The third-order valence-corrected chi connectivity index (χ3v) is 15.0. The predicted molar refractivity (Wildman–Crippen MR) is 223 cm³/mol. The van der Waals surface area contributed by atoms with Gasteiger partial charge in [0.15, 0.2) is 0 Å². The van der Waals surface area contributed by atoms with E-state index in [1.54, 1.807) is 23.9 Å². The Bertz CT molecular complexity index is 1240. The van der Waals surface area contributed by atoms with Crippen molar-refractivity contribution in [1.82, 2.24) is 0 Å². The molecule has 0 bridgehead atoms. The second-order valence-corrected chi connectivity index (χ2v) is 17.3. The first-order chi connectivity index (χ1) is 25.9. The number of aliphatic hydroxyl groups excluding tert-OH is 4. The quantitative estimate of drug-likeness (QED) is 0.0553. The number of hydrogen-bond donors (Lipinski definition) is 4. The first-order valence-electron chi connectivity index (χ1n) is 21.0. The molecule has 4 unspecified atom stereocenters. The van der Waals surface area contributed by atoms with Crippen LogP contribution in [0.5, 0.6) is 11.5 Å². The Morgan fingerprint density at radius 3 is 1.49 bits per heavy atom. The smallest absolute Gasteiger partial charge is 0.306 e. The summed E-state index contributed by atoms with van der Waals surface area (Å²) in [5.74, 6) is 0.643. The maximum absolute atomic E-state index is 13.2. The van der Waals surface area contributed by atoms with E-state index in [-0.39, 0.29) is 42.8 Å². The second kappa shape index (κ2) is 24.0. The lowest BCUT2D eigenvalue weighted by atomic mass is 9.62.